The first-order valence-corrected chi connectivity index (χ1v) is 23.8. The molecule has 0 aliphatic rings. The minimum atomic E-state index is 0.825. The molecule has 10 rings (SSSR count). The molecule has 0 bridgehead atoms. The molecule has 10 aromatic rings. The molecule has 0 aliphatic carbocycles. The number of hydrogen-bond acceptors (Lipinski definition) is 10. The quantitative estimate of drug-likeness (QED) is 0.108. The van der Waals surface area contributed by atoms with Crippen LogP contribution in [0.4, 0.5) is 34.1 Å². The lowest BCUT2D eigenvalue weighted by atomic mass is 10.1. The van der Waals surface area contributed by atoms with Gasteiger partial charge in [0.15, 0.2) is 0 Å². The number of thiophene rings is 4. The Morgan fingerprint density at radius 3 is 0.812 bits per heavy atom. The van der Waals surface area contributed by atoms with E-state index in [1.807, 2.05) is 93.9 Å². The minimum Gasteiger partial charge on any atom is -0.497 e. The van der Waals surface area contributed by atoms with Gasteiger partial charge in [0.25, 0.3) is 0 Å². The highest BCUT2D eigenvalue weighted by Gasteiger charge is 2.17. The molecular formula is C54H42N2O4S4. The van der Waals surface area contributed by atoms with Crippen LogP contribution in [0.3, 0.4) is 0 Å². The number of anilines is 6. The molecule has 0 fully saturated rings. The van der Waals surface area contributed by atoms with Crippen molar-refractivity contribution in [2.75, 3.05) is 38.2 Å². The Kier molecular flexibility index (Phi) is 11.7. The van der Waals surface area contributed by atoms with Crippen molar-refractivity contribution < 1.29 is 18.9 Å². The van der Waals surface area contributed by atoms with E-state index < -0.39 is 0 Å². The molecule has 10 heteroatoms. The van der Waals surface area contributed by atoms with Gasteiger partial charge >= 0.3 is 0 Å². The van der Waals surface area contributed by atoms with Crippen molar-refractivity contribution in [1.82, 2.24) is 0 Å². The molecule has 4 aromatic heterocycles. The molecular weight excluding hydrogens is 869 g/mol. The summed E-state index contributed by atoms with van der Waals surface area (Å²) in [5.74, 6) is 3.30. The lowest BCUT2D eigenvalue weighted by Crippen LogP contribution is -2.09. The highest BCUT2D eigenvalue weighted by Crippen LogP contribution is 2.44. The molecule has 0 saturated heterocycles. The van der Waals surface area contributed by atoms with Crippen molar-refractivity contribution in [2.45, 2.75) is 0 Å². The predicted octanol–water partition coefficient (Wildman–Crippen LogP) is 16.7. The predicted molar refractivity (Wildman–Crippen MR) is 275 cm³/mol. The summed E-state index contributed by atoms with van der Waals surface area (Å²) in [6, 6.07) is 59.5. The normalized spacial score (nSPS) is 11.4. The first-order chi connectivity index (χ1) is 31.4. The van der Waals surface area contributed by atoms with Crippen LogP contribution < -0.4 is 28.7 Å². The van der Waals surface area contributed by atoms with Gasteiger partial charge < -0.3 is 28.7 Å². The maximum Gasteiger partial charge on any atom is 0.119 e. The molecule has 0 amide bonds. The van der Waals surface area contributed by atoms with E-state index in [0.717, 1.165) is 57.1 Å². The van der Waals surface area contributed by atoms with E-state index in [1.165, 1.54) is 49.4 Å². The van der Waals surface area contributed by atoms with Gasteiger partial charge in [-0.1, -0.05) is 24.3 Å². The largest absolute Gasteiger partial charge is 0.497 e. The second-order valence-electron chi connectivity index (χ2n) is 14.9. The van der Waals surface area contributed by atoms with Crippen LogP contribution in [0.25, 0.3) is 51.8 Å². The summed E-state index contributed by atoms with van der Waals surface area (Å²) in [5, 5.41) is 0. The van der Waals surface area contributed by atoms with Crippen LogP contribution >= 0.6 is 45.3 Å². The number of fused-ring (bicyclic) bond motifs is 2. The van der Waals surface area contributed by atoms with Gasteiger partial charge in [-0.3, -0.25) is 0 Å². The standard InChI is InChI=1S/C54H42N2O4S4/c1-57-43-21-13-39(14-22-43)55(40-15-23-44(58-2)24-16-40)37-9-5-35(6-10-37)49-33-53-51(63-49)31-47(61-53)29-30-48-32-52-54(62-48)34-50(64-52)36-7-11-38(12-8-36)56(41-17-25-45(59-3)26-18-41)42-19-27-46(60-4)28-20-42/h5-34H,1-4H3/b30-29+. The zero-order valence-electron chi connectivity index (χ0n) is 35.5. The second-order valence-corrected chi connectivity index (χ2v) is 19.3. The molecule has 0 unspecified atom stereocenters. The van der Waals surface area contributed by atoms with Gasteiger partial charge in [0.2, 0.25) is 0 Å². The van der Waals surface area contributed by atoms with Gasteiger partial charge in [0.1, 0.15) is 23.0 Å². The number of benzene rings is 6. The number of nitrogens with zero attached hydrogens (tertiary/aromatic N) is 2. The Labute approximate surface area is 388 Å². The highest BCUT2D eigenvalue weighted by atomic mass is 32.1. The molecule has 6 nitrogen and oxygen atoms in total. The number of methoxy groups -OCH3 is 4. The number of rotatable bonds is 14. The van der Waals surface area contributed by atoms with Crippen LogP contribution in [0.15, 0.2) is 170 Å². The topological polar surface area (TPSA) is 43.4 Å². The van der Waals surface area contributed by atoms with E-state index in [-0.39, 0.29) is 0 Å². The summed E-state index contributed by atoms with van der Waals surface area (Å²) in [5.41, 5.74) is 8.74. The third kappa shape index (κ3) is 8.48. The van der Waals surface area contributed by atoms with E-state index in [4.69, 9.17) is 18.9 Å². The summed E-state index contributed by atoms with van der Waals surface area (Å²) in [6.45, 7) is 0. The van der Waals surface area contributed by atoms with Crippen molar-refractivity contribution in [2.24, 2.45) is 0 Å². The zero-order valence-corrected chi connectivity index (χ0v) is 38.7. The molecule has 0 N–H and O–H groups in total. The molecule has 0 atom stereocenters. The Morgan fingerprint density at radius 2 is 0.562 bits per heavy atom. The molecule has 0 saturated carbocycles. The van der Waals surface area contributed by atoms with Crippen molar-refractivity contribution in [3.8, 4) is 43.9 Å². The van der Waals surface area contributed by atoms with E-state index in [2.05, 4.69) is 143 Å². The highest BCUT2D eigenvalue weighted by molar-refractivity contribution is 7.30. The van der Waals surface area contributed by atoms with Crippen LogP contribution in [-0.4, -0.2) is 28.4 Å². The Morgan fingerprint density at radius 1 is 0.312 bits per heavy atom. The third-order valence-corrected chi connectivity index (χ3v) is 15.6. The van der Waals surface area contributed by atoms with Crippen LogP contribution in [-0.2, 0) is 0 Å². The van der Waals surface area contributed by atoms with Gasteiger partial charge in [-0.2, -0.15) is 0 Å². The van der Waals surface area contributed by atoms with E-state index in [0.29, 0.717) is 0 Å². The van der Waals surface area contributed by atoms with Crippen LogP contribution in [0.5, 0.6) is 23.0 Å². The molecule has 64 heavy (non-hydrogen) atoms. The monoisotopic (exact) mass is 910 g/mol. The maximum atomic E-state index is 5.43. The van der Waals surface area contributed by atoms with E-state index in [1.54, 1.807) is 28.4 Å². The maximum absolute atomic E-state index is 5.43. The van der Waals surface area contributed by atoms with Crippen molar-refractivity contribution >= 4 is 110 Å². The van der Waals surface area contributed by atoms with Gasteiger partial charge in [-0.05, 0) is 169 Å². The fraction of sp³-hybridized carbons (Fsp3) is 0.0741. The summed E-state index contributed by atoms with van der Waals surface area (Å²) >= 11 is 7.37. The van der Waals surface area contributed by atoms with Gasteiger partial charge in [0.05, 0.1) is 28.4 Å². The lowest BCUT2D eigenvalue weighted by molar-refractivity contribution is 0.414. The van der Waals surface area contributed by atoms with Gasteiger partial charge in [-0.15, -0.1) is 45.3 Å². The van der Waals surface area contributed by atoms with Crippen molar-refractivity contribution in [1.29, 1.82) is 0 Å². The Hall–Kier alpha value is -6.82. The molecule has 0 aliphatic heterocycles. The minimum absolute atomic E-state index is 0.825. The number of hydrogen-bond donors (Lipinski definition) is 0. The average molecular weight is 911 g/mol. The van der Waals surface area contributed by atoms with Crippen LogP contribution in [0, 0.1) is 0 Å². The van der Waals surface area contributed by atoms with Crippen LogP contribution in [0.2, 0.25) is 0 Å². The third-order valence-electron chi connectivity index (χ3n) is 11.0. The van der Waals surface area contributed by atoms with E-state index >= 15 is 0 Å². The second kappa shape index (κ2) is 18.1. The SMILES string of the molecule is COc1ccc(N(c2ccc(OC)cc2)c2ccc(-c3cc4sc(/C=C/c5cc6sc(-c7ccc(N(c8ccc(OC)cc8)c8ccc(OC)cc8)cc7)cc6s5)cc4s3)cc2)cc1. The summed E-state index contributed by atoms with van der Waals surface area (Å²) in [4.78, 5) is 9.53. The first kappa shape index (κ1) is 41.2. The fourth-order valence-corrected chi connectivity index (χ4v) is 12.3. The lowest BCUT2D eigenvalue weighted by Gasteiger charge is -2.26. The molecule has 0 radical (unpaired) electrons. The van der Waals surface area contributed by atoms with E-state index in [9.17, 15) is 0 Å². The summed E-state index contributed by atoms with van der Waals surface area (Å²) < 4.78 is 26.9. The van der Waals surface area contributed by atoms with Gasteiger partial charge in [-0.25, -0.2) is 0 Å². The Balaban J connectivity index is 0.829. The van der Waals surface area contributed by atoms with Crippen molar-refractivity contribution in [3.05, 3.63) is 180 Å². The number of ether oxygens (including phenoxy) is 4. The molecule has 316 valence electrons. The first-order valence-electron chi connectivity index (χ1n) is 20.6. The fourth-order valence-electron chi connectivity index (χ4n) is 7.69. The van der Waals surface area contributed by atoms with Crippen LogP contribution in [0.1, 0.15) is 9.75 Å². The molecule has 6 aromatic carbocycles. The summed E-state index contributed by atoms with van der Waals surface area (Å²) in [6.07, 6.45) is 4.51. The van der Waals surface area contributed by atoms with Crippen molar-refractivity contribution in [3.63, 3.8) is 0 Å². The smallest absolute Gasteiger partial charge is 0.119 e. The average Bonchev–Trinajstić information content (AvgIpc) is 4.13. The molecule has 0 spiro atoms. The zero-order chi connectivity index (χ0) is 43.6. The Bertz CT molecular complexity index is 2810. The summed E-state index contributed by atoms with van der Waals surface area (Å²) in [7, 11) is 6.76. The molecule has 4 heterocycles. The van der Waals surface area contributed by atoms with Gasteiger partial charge in [0, 0.05) is 72.4 Å².